The first kappa shape index (κ1) is 17.0. The second kappa shape index (κ2) is 7.85. The Balaban J connectivity index is 1.37. The van der Waals surface area contributed by atoms with Gasteiger partial charge in [0.1, 0.15) is 0 Å². The maximum atomic E-state index is 5.57. The Bertz CT molecular complexity index is 616. The highest BCUT2D eigenvalue weighted by Crippen LogP contribution is 2.26. The van der Waals surface area contributed by atoms with Crippen LogP contribution in [-0.2, 0) is 4.74 Å². The summed E-state index contributed by atoms with van der Waals surface area (Å²) < 4.78 is 5.57. The van der Waals surface area contributed by atoms with Crippen LogP contribution in [0.25, 0.3) is 0 Å². The Morgan fingerprint density at radius 1 is 1.24 bits per heavy atom. The van der Waals surface area contributed by atoms with Crippen LogP contribution in [0.1, 0.15) is 36.7 Å². The zero-order valence-electron chi connectivity index (χ0n) is 15.3. The molecule has 25 heavy (non-hydrogen) atoms. The van der Waals surface area contributed by atoms with Gasteiger partial charge in [-0.1, -0.05) is 6.08 Å². The first-order valence-corrected chi connectivity index (χ1v) is 9.73. The van der Waals surface area contributed by atoms with Crippen LogP contribution < -0.4 is 10.2 Å². The maximum absolute atomic E-state index is 5.57. The molecule has 0 radical (unpaired) electrons. The summed E-state index contributed by atoms with van der Waals surface area (Å²) in [5.41, 5.74) is 5.15. The van der Waals surface area contributed by atoms with E-state index in [0.29, 0.717) is 6.04 Å². The zero-order chi connectivity index (χ0) is 17.1. The number of piperazine rings is 1. The van der Waals surface area contributed by atoms with Gasteiger partial charge >= 0.3 is 0 Å². The average Bonchev–Trinajstić information content (AvgIpc) is 3.17. The van der Waals surface area contributed by atoms with E-state index in [4.69, 9.17) is 9.72 Å². The highest BCUT2D eigenvalue weighted by atomic mass is 16.5. The van der Waals surface area contributed by atoms with Gasteiger partial charge in [-0.2, -0.15) is 0 Å². The summed E-state index contributed by atoms with van der Waals surface area (Å²) in [5.74, 6) is 0. The molecule has 3 aliphatic rings. The van der Waals surface area contributed by atoms with Gasteiger partial charge in [-0.25, -0.2) is 0 Å². The van der Waals surface area contributed by atoms with Crippen molar-refractivity contribution in [2.75, 3.05) is 57.4 Å². The molecule has 2 saturated heterocycles. The van der Waals surface area contributed by atoms with Crippen LogP contribution in [0.5, 0.6) is 0 Å². The number of pyridine rings is 1. The van der Waals surface area contributed by atoms with Crippen molar-refractivity contribution in [3.63, 3.8) is 0 Å². The van der Waals surface area contributed by atoms with Crippen molar-refractivity contribution in [1.82, 2.24) is 15.2 Å². The number of aryl methyl sites for hydroxylation is 1. The first-order valence-electron chi connectivity index (χ1n) is 9.73. The molecule has 136 valence electrons. The molecule has 0 bridgehead atoms. The van der Waals surface area contributed by atoms with Crippen LogP contribution in [0.3, 0.4) is 0 Å². The van der Waals surface area contributed by atoms with E-state index in [1.165, 1.54) is 29.8 Å². The summed E-state index contributed by atoms with van der Waals surface area (Å²) in [6.45, 7) is 10.4. The SMILES string of the molecule is Cc1cc(N2CCN(CC3=CCCOC3)CC2)cc([C@H]2CCCN2)n1. The van der Waals surface area contributed by atoms with Gasteiger partial charge in [0.2, 0.25) is 0 Å². The zero-order valence-corrected chi connectivity index (χ0v) is 15.3. The standard InChI is InChI=1S/C20H30N4O/c1-16-12-18(13-20(22-16)19-5-2-6-21-19)24-9-7-23(8-10-24)14-17-4-3-11-25-15-17/h4,12-13,19,21H,2-3,5-11,14-15H2,1H3/t19-/m1/s1. The molecule has 0 amide bonds. The number of anilines is 1. The number of ether oxygens (including phenoxy) is 1. The average molecular weight is 342 g/mol. The third kappa shape index (κ3) is 4.22. The molecule has 5 heteroatoms. The van der Waals surface area contributed by atoms with E-state index in [-0.39, 0.29) is 0 Å². The molecular weight excluding hydrogens is 312 g/mol. The molecule has 1 aromatic rings. The lowest BCUT2D eigenvalue weighted by Gasteiger charge is -2.37. The lowest BCUT2D eigenvalue weighted by molar-refractivity contribution is 0.141. The van der Waals surface area contributed by atoms with E-state index in [1.54, 1.807) is 0 Å². The van der Waals surface area contributed by atoms with Gasteiger partial charge in [-0.15, -0.1) is 0 Å². The van der Waals surface area contributed by atoms with Gasteiger partial charge in [-0.3, -0.25) is 9.88 Å². The maximum Gasteiger partial charge on any atom is 0.0689 e. The number of hydrogen-bond donors (Lipinski definition) is 1. The topological polar surface area (TPSA) is 40.6 Å². The molecule has 4 heterocycles. The first-order chi connectivity index (χ1) is 12.3. The Morgan fingerprint density at radius 3 is 2.84 bits per heavy atom. The van der Waals surface area contributed by atoms with Crippen LogP contribution in [0, 0.1) is 6.92 Å². The fourth-order valence-electron chi connectivity index (χ4n) is 4.14. The van der Waals surface area contributed by atoms with Crippen molar-refractivity contribution in [3.8, 4) is 0 Å². The second-order valence-electron chi connectivity index (χ2n) is 7.51. The minimum atomic E-state index is 0.443. The largest absolute Gasteiger partial charge is 0.377 e. The Hall–Kier alpha value is -1.43. The molecular formula is C20H30N4O. The summed E-state index contributed by atoms with van der Waals surface area (Å²) in [5, 5.41) is 3.58. The minimum absolute atomic E-state index is 0.443. The van der Waals surface area contributed by atoms with Crippen LogP contribution in [-0.4, -0.2) is 62.4 Å². The van der Waals surface area contributed by atoms with Gasteiger partial charge in [0.25, 0.3) is 0 Å². The lowest BCUT2D eigenvalue weighted by atomic mass is 10.1. The molecule has 4 rings (SSSR count). The fraction of sp³-hybridized carbons (Fsp3) is 0.650. The molecule has 1 N–H and O–H groups in total. The van der Waals surface area contributed by atoms with Crippen LogP contribution in [0.2, 0.25) is 0 Å². The number of rotatable bonds is 4. The third-order valence-corrected chi connectivity index (χ3v) is 5.52. The molecule has 0 saturated carbocycles. The van der Waals surface area contributed by atoms with Crippen LogP contribution in [0.4, 0.5) is 5.69 Å². The molecule has 2 fully saturated rings. The summed E-state index contributed by atoms with van der Waals surface area (Å²) in [6.07, 6.45) is 5.90. The second-order valence-corrected chi connectivity index (χ2v) is 7.51. The minimum Gasteiger partial charge on any atom is -0.377 e. The van der Waals surface area contributed by atoms with Crippen molar-refractivity contribution in [2.24, 2.45) is 0 Å². The van der Waals surface area contributed by atoms with Gasteiger partial charge in [0, 0.05) is 50.1 Å². The van der Waals surface area contributed by atoms with Crippen molar-refractivity contribution in [2.45, 2.75) is 32.2 Å². The van der Waals surface area contributed by atoms with Crippen molar-refractivity contribution >= 4 is 5.69 Å². The summed E-state index contributed by atoms with van der Waals surface area (Å²) >= 11 is 0. The van der Waals surface area contributed by atoms with Crippen molar-refractivity contribution in [1.29, 1.82) is 0 Å². The Morgan fingerprint density at radius 2 is 2.12 bits per heavy atom. The number of nitrogens with one attached hydrogen (secondary N) is 1. The molecule has 5 nitrogen and oxygen atoms in total. The highest BCUT2D eigenvalue weighted by Gasteiger charge is 2.22. The van der Waals surface area contributed by atoms with Gasteiger partial charge in [-0.05, 0) is 50.4 Å². The predicted molar refractivity (Wildman–Crippen MR) is 101 cm³/mol. The summed E-state index contributed by atoms with van der Waals surface area (Å²) in [6, 6.07) is 4.99. The highest BCUT2D eigenvalue weighted by molar-refractivity contribution is 5.49. The monoisotopic (exact) mass is 342 g/mol. The Labute approximate surface area is 151 Å². The number of hydrogen-bond acceptors (Lipinski definition) is 5. The van der Waals surface area contributed by atoms with Crippen LogP contribution in [0.15, 0.2) is 23.8 Å². The fourth-order valence-corrected chi connectivity index (χ4v) is 4.14. The van der Waals surface area contributed by atoms with Gasteiger partial charge in [0.15, 0.2) is 0 Å². The van der Waals surface area contributed by atoms with Crippen LogP contribution >= 0.6 is 0 Å². The molecule has 3 aliphatic heterocycles. The quantitative estimate of drug-likeness (QED) is 0.850. The van der Waals surface area contributed by atoms with Crippen molar-refractivity contribution in [3.05, 3.63) is 35.2 Å². The molecule has 1 atom stereocenters. The summed E-state index contributed by atoms with van der Waals surface area (Å²) in [4.78, 5) is 9.87. The van der Waals surface area contributed by atoms with Gasteiger partial charge < -0.3 is 15.0 Å². The number of aromatic nitrogens is 1. The van der Waals surface area contributed by atoms with E-state index in [9.17, 15) is 0 Å². The van der Waals surface area contributed by atoms with E-state index in [0.717, 1.165) is 64.6 Å². The molecule has 0 spiro atoms. The third-order valence-electron chi connectivity index (χ3n) is 5.52. The van der Waals surface area contributed by atoms with Crippen molar-refractivity contribution < 1.29 is 4.74 Å². The molecule has 1 aromatic heterocycles. The van der Waals surface area contributed by atoms with E-state index >= 15 is 0 Å². The molecule has 0 aliphatic carbocycles. The number of nitrogens with zero attached hydrogens (tertiary/aromatic N) is 3. The normalized spacial score (nSPS) is 25.2. The Kier molecular flexibility index (Phi) is 5.34. The van der Waals surface area contributed by atoms with E-state index in [1.807, 2.05) is 0 Å². The summed E-state index contributed by atoms with van der Waals surface area (Å²) in [7, 11) is 0. The smallest absolute Gasteiger partial charge is 0.0689 e. The predicted octanol–water partition coefficient (Wildman–Crippen LogP) is 2.28. The molecule has 0 aromatic carbocycles. The lowest BCUT2D eigenvalue weighted by Crippen LogP contribution is -2.47. The van der Waals surface area contributed by atoms with E-state index in [2.05, 4.69) is 40.2 Å². The molecule has 0 unspecified atom stereocenters. The van der Waals surface area contributed by atoms with E-state index < -0.39 is 0 Å². The van der Waals surface area contributed by atoms with Gasteiger partial charge in [0.05, 0.1) is 18.9 Å².